The molecule has 0 radical (unpaired) electrons. The van der Waals surface area contributed by atoms with Crippen molar-refractivity contribution in [1.82, 2.24) is 9.55 Å². The summed E-state index contributed by atoms with van der Waals surface area (Å²) in [5.74, 6) is -0.372. The number of thiophene rings is 1. The van der Waals surface area contributed by atoms with E-state index in [0.29, 0.717) is 21.5 Å². The van der Waals surface area contributed by atoms with Crippen molar-refractivity contribution in [2.75, 3.05) is 5.32 Å². The molecule has 0 spiro atoms. The summed E-state index contributed by atoms with van der Waals surface area (Å²) in [6.07, 6.45) is 1.39. The number of carbonyl (C=O) groups excluding carboxylic acids is 2. The number of amides is 1. The minimum atomic E-state index is -0.223. The average Bonchev–Trinajstić information content (AvgIpc) is 2.99. The van der Waals surface area contributed by atoms with Crippen LogP contribution in [0.25, 0.3) is 10.2 Å². The van der Waals surface area contributed by atoms with Gasteiger partial charge in [0, 0.05) is 18.2 Å². The van der Waals surface area contributed by atoms with Crippen molar-refractivity contribution >= 4 is 38.9 Å². The molecule has 0 unspecified atom stereocenters. The van der Waals surface area contributed by atoms with Crippen molar-refractivity contribution < 1.29 is 9.59 Å². The molecule has 1 amide bonds. The van der Waals surface area contributed by atoms with Gasteiger partial charge in [-0.25, -0.2) is 4.98 Å². The van der Waals surface area contributed by atoms with Crippen molar-refractivity contribution in [3.63, 3.8) is 0 Å². The molecule has 0 aliphatic carbocycles. The number of Topliss-reactive ketones (excluding diaryl/α,β-unsaturated/α-hetero) is 1. The van der Waals surface area contributed by atoms with Gasteiger partial charge >= 0.3 is 0 Å². The highest BCUT2D eigenvalue weighted by atomic mass is 32.1. The average molecular weight is 327 g/mol. The van der Waals surface area contributed by atoms with Gasteiger partial charge in [0.2, 0.25) is 5.91 Å². The Hall–Kier alpha value is -2.80. The van der Waals surface area contributed by atoms with Crippen LogP contribution in [0.2, 0.25) is 0 Å². The number of nitrogens with one attached hydrogen (secondary N) is 1. The Morgan fingerprint density at radius 1 is 1.22 bits per heavy atom. The summed E-state index contributed by atoms with van der Waals surface area (Å²) in [7, 11) is 0. The molecule has 0 aliphatic rings. The maximum absolute atomic E-state index is 12.3. The molecule has 0 atom stereocenters. The first-order valence-electron chi connectivity index (χ1n) is 6.88. The second-order valence-corrected chi connectivity index (χ2v) is 5.89. The second-order valence-electron chi connectivity index (χ2n) is 5.00. The lowest BCUT2D eigenvalue weighted by molar-refractivity contribution is -0.114. The van der Waals surface area contributed by atoms with Crippen LogP contribution in [0.15, 0.2) is 46.8 Å². The Labute approximate surface area is 135 Å². The van der Waals surface area contributed by atoms with Crippen LogP contribution in [0.1, 0.15) is 17.3 Å². The maximum atomic E-state index is 12.3. The molecule has 6 nitrogen and oxygen atoms in total. The van der Waals surface area contributed by atoms with Gasteiger partial charge in [0.1, 0.15) is 4.83 Å². The standard InChI is InChI=1S/C16H13N3O3S/c1-10(20)18-12-4-2-11(3-5-12)14(21)8-19-9-17-15-13(16(19)22)6-7-23-15/h2-7,9H,8H2,1H3,(H,18,20). The molecule has 116 valence electrons. The fourth-order valence-electron chi connectivity index (χ4n) is 2.19. The smallest absolute Gasteiger partial charge is 0.262 e. The number of fused-ring (bicyclic) bond motifs is 1. The minimum absolute atomic E-state index is 0.0723. The van der Waals surface area contributed by atoms with Gasteiger partial charge in [0.05, 0.1) is 18.3 Å². The van der Waals surface area contributed by atoms with Crippen molar-refractivity contribution in [2.24, 2.45) is 0 Å². The van der Waals surface area contributed by atoms with Crippen molar-refractivity contribution in [2.45, 2.75) is 13.5 Å². The van der Waals surface area contributed by atoms with Gasteiger partial charge in [0.15, 0.2) is 5.78 Å². The van der Waals surface area contributed by atoms with E-state index >= 15 is 0 Å². The number of carbonyl (C=O) groups is 2. The van der Waals surface area contributed by atoms with E-state index in [1.165, 1.54) is 29.2 Å². The van der Waals surface area contributed by atoms with E-state index in [4.69, 9.17) is 0 Å². The molecule has 3 rings (SSSR count). The minimum Gasteiger partial charge on any atom is -0.326 e. The van der Waals surface area contributed by atoms with Crippen LogP contribution < -0.4 is 10.9 Å². The highest BCUT2D eigenvalue weighted by Crippen LogP contribution is 2.14. The van der Waals surface area contributed by atoms with E-state index < -0.39 is 0 Å². The van der Waals surface area contributed by atoms with E-state index in [0.717, 1.165) is 0 Å². The summed E-state index contributed by atoms with van der Waals surface area (Å²) in [6.45, 7) is 1.34. The monoisotopic (exact) mass is 327 g/mol. The first-order chi connectivity index (χ1) is 11.0. The lowest BCUT2D eigenvalue weighted by Crippen LogP contribution is -2.24. The third-order valence-corrected chi connectivity index (χ3v) is 4.11. The molecule has 0 saturated carbocycles. The van der Waals surface area contributed by atoms with Gasteiger partial charge in [0.25, 0.3) is 5.56 Å². The normalized spacial score (nSPS) is 10.7. The summed E-state index contributed by atoms with van der Waals surface area (Å²) >= 11 is 1.39. The van der Waals surface area contributed by atoms with Gasteiger partial charge in [-0.1, -0.05) is 0 Å². The van der Waals surface area contributed by atoms with E-state index in [9.17, 15) is 14.4 Å². The number of aromatic nitrogens is 2. The zero-order valence-corrected chi connectivity index (χ0v) is 13.1. The van der Waals surface area contributed by atoms with Gasteiger partial charge < -0.3 is 5.32 Å². The topological polar surface area (TPSA) is 81.1 Å². The number of hydrogen-bond acceptors (Lipinski definition) is 5. The van der Waals surface area contributed by atoms with Crippen molar-refractivity contribution in [3.05, 3.63) is 58.0 Å². The summed E-state index contributed by atoms with van der Waals surface area (Å²) in [4.78, 5) is 40.4. The van der Waals surface area contributed by atoms with Crippen LogP contribution in [0.4, 0.5) is 5.69 Å². The zero-order valence-electron chi connectivity index (χ0n) is 12.3. The molecule has 0 bridgehead atoms. The fraction of sp³-hybridized carbons (Fsp3) is 0.125. The summed E-state index contributed by atoms with van der Waals surface area (Å²) in [5, 5.41) is 4.95. The Morgan fingerprint density at radius 2 is 1.96 bits per heavy atom. The summed E-state index contributed by atoms with van der Waals surface area (Å²) in [6, 6.07) is 8.25. The highest BCUT2D eigenvalue weighted by Gasteiger charge is 2.11. The first-order valence-corrected chi connectivity index (χ1v) is 7.76. The second kappa shape index (κ2) is 6.13. The molecule has 1 aromatic carbocycles. The molecule has 7 heteroatoms. The van der Waals surface area contributed by atoms with Gasteiger partial charge in [-0.3, -0.25) is 19.0 Å². The van der Waals surface area contributed by atoms with Gasteiger partial charge in [-0.2, -0.15) is 0 Å². The number of ketones is 1. The molecule has 23 heavy (non-hydrogen) atoms. The number of benzene rings is 1. The zero-order chi connectivity index (χ0) is 16.4. The molecule has 3 aromatic rings. The molecule has 0 aliphatic heterocycles. The number of hydrogen-bond donors (Lipinski definition) is 1. The summed E-state index contributed by atoms with van der Waals surface area (Å²) < 4.78 is 1.30. The third kappa shape index (κ3) is 3.19. The third-order valence-electron chi connectivity index (χ3n) is 3.29. The molecule has 0 saturated heterocycles. The van der Waals surface area contributed by atoms with Crippen LogP contribution in [-0.4, -0.2) is 21.2 Å². The van der Waals surface area contributed by atoms with E-state index in [2.05, 4.69) is 10.3 Å². The Balaban J connectivity index is 1.81. The molecule has 0 fully saturated rings. The van der Waals surface area contributed by atoms with Crippen LogP contribution >= 0.6 is 11.3 Å². The van der Waals surface area contributed by atoms with Crippen LogP contribution in [0.5, 0.6) is 0 Å². The molecule has 1 N–H and O–H groups in total. The Morgan fingerprint density at radius 3 is 2.65 bits per heavy atom. The van der Waals surface area contributed by atoms with Crippen LogP contribution in [0, 0.1) is 0 Å². The number of rotatable bonds is 4. The van der Waals surface area contributed by atoms with E-state index in [-0.39, 0.29) is 23.8 Å². The van der Waals surface area contributed by atoms with Gasteiger partial charge in [-0.05, 0) is 35.7 Å². The fourth-order valence-corrected chi connectivity index (χ4v) is 2.92. The Kier molecular flexibility index (Phi) is 4.03. The Bertz CT molecular complexity index is 941. The van der Waals surface area contributed by atoms with Crippen molar-refractivity contribution in [1.29, 1.82) is 0 Å². The largest absolute Gasteiger partial charge is 0.326 e. The van der Waals surface area contributed by atoms with E-state index in [1.807, 2.05) is 0 Å². The molecule has 2 heterocycles. The molecular weight excluding hydrogens is 314 g/mol. The van der Waals surface area contributed by atoms with Crippen molar-refractivity contribution in [3.8, 4) is 0 Å². The molecule has 2 aromatic heterocycles. The lowest BCUT2D eigenvalue weighted by atomic mass is 10.1. The quantitative estimate of drug-likeness (QED) is 0.746. The SMILES string of the molecule is CC(=O)Nc1ccc(C(=O)Cn2cnc3sccc3c2=O)cc1. The van der Waals surface area contributed by atoms with E-state index in [1.54, 1.807) is 35.7 Å². The number of nitrogens with zero attached hydrogens (tertiary/aromatic N) is 2. The highest BCUT2D eigenvalue weighted by molar-refractivity contribution is 7.16. The van der Waals surface area contributed by atoms with Gasteiger partial charge in [-0.15, -0.1) is 11.3 Å². The number of anilines is 1. The summed E-state index contributed by atoms with van der Waals surface area (Å²) in [5.41, 5.74) is 0.864. The van der Waals surface area contributed by atoms with Crippen LogP contribution in [0.3, 0.4) is 0 Å². The predicted molar refractivity (Wildman–Crippen MR) is 89.0 cm³/mol. The maximum Gasteiger partial charge on any atom is 0.262 e. The molecular formula is C16H13N3O3S. The first kappa shape index (κ1) is 15.1. The predicted octanol–water partition coefficient (Wildman–Crippen LogP) is 2.30. The van der Waals surface area contributed by atoms with Crippen LogP contribution in [-0.2, 0) is 11.3 Å². The lowest BCUT2D eigenvalue weighted by Gasteiger charge is -2.06.